The molecule has 0 unspecified atom stereocenters. The van der Waals surface area contributed by atoms with Crippen LogP contribution >= 0.6 is 35.4 Å². The van der Waals surface area contributed by atoms with Crippen molar-refractivity contribution in [3.63, 3.8) is 0 Å². The van der Waals surface area contributed by atoms with Crippen LogP contribution in [0.4, 0.5) is 10.5 Å². The topological polar surface area (TPSA) is 73.8 Å². The van der Waals surface area contributed by atoms with E-state index in [0.717, 1.165) is 0 Å². The lowest BCUT2D eigenvalue weighted by atomic mass is 10.1. The lowest BCUT2D eigenvalue weighted by molar-refractivity contribution is 0.0998. The van der Waals surface area contributed by atoms with Gasteiger partial charge in [0.1, 0.15) is 11.4 Å². The average molecular weight is 408 g/mol. The number of nitrogens with zero attached hydrogens (tertiary/aromatic N) is 1. The Morgan fingerprint density at radius 1 is 1.36 bits per heavy atom. The largest absolute Gasteiger partial charge is 0.494 e. The first-order chi connectivity index (χ1) is 11.6. The molecule has 0 saturated carbocycles. The maximum absolute atomic E-state index is 11.3. The zero-order chi connectivity index (χ0) is 19.2. The first kappa shape index (κ1) is 21.6. The summed E-state index contributed by atoms with van der Waals surface area (Å²) in [4.78, 5) is 12.7. The van der Waals surface area contributed by atoms with E-state index in [-0.39, 0.29) is 0 Å². The Hall–Kier alpha value is -1.44. The summed E-state index contributed by atoms with van der Waals surface area (Å²) in [6.45, 7) is 6.49. The lowest BCUT2D eigenvalue weighted by Crippen LogP contribution is -2.46. The smallest absolute Gasteiger partial charge is 0.407 e. The van der Waals surface area contributed by atoms with Gasteiger partial charge in [0.05, 0.1) is 12.1 Å². The maximum atomic E-state index is 11.3. The minimum Gasteiger partial charge on any atom is -0.494 e. The standard InChI is InChI=1S/C16H23Cl2N3O3S/c1-16(2,3)21(15(22)23)7-5-6-19-14(25)20-13-11(18)8-10(17)9-12(13)24-4/h8-9H,5-7H2,1-4H3,(H,22,23)(H2,19,20,25). The maximum Gasteiger partial charge on any atom is 0.407 e. The van der Waals surface area contributed by atoms with Gasteiger partial charge in [-0.3, -0.25) is 0 Å². The van der Waals surface area contributed by atoms with E-state index in [9.17, 15) is 9.90 Å². The number of ether oxygens (including phenoxy) is 1. The minimum atomic E-state index is -0.939. The van der Waals surface area contributed by atoms with E-state index in [1.165, 1.54) is 12.0 Å². The Balaban J connectivity index is 2.55. The van der Waals surface area contributed by atoms with Gasteiger partial charge in [0, 0.05) is 29.7 Å². The molecule has 0 spiro atoms. The van der Waals surface area contributed by atoms with E-state index < -0.39 is 11.6 Å². The highest BCUT2D eigenvalue weighted by atomic mass is 35.5. The number of methoxy groups -OCH3 is 1. The molecule has 0 atom stereocenters. The predicted octanol–water partition coefficient (Wildman–Crippen LogP) is 4.46. The second-order valence-electron chi connectivity index (χ2n) is 6.30. The molecule has 25 heavy (non-hydrogen) atoms. The number of thiocarbonyl (C=S) groups is 1. The van der Waals surface area contributed by atoms with Gasteiger partial charge in [-0.2, -0.15) is 0 Å². The van der Waals surface area contributed by atoms with Crippen LogP contribution in [0.15, 0.2) is 12.1 Å². The molecule has 1 rings (SSSR count). The quantitative estimate of drug-likeness (QED) is 0.477. The molecule has 0 aromatic heterocycles. The van der Waals surface area contributed by atoms with Crippen LogP contribution < -0.4 is 15.4 Å². The SMILES string of the molecule is COc1cc(Cl)cc(Cl)c1NC(=S)NCCCN(C(=O)O)C(C)(C)C. The second-order valence-corrected chi connectivity index (χ2v) is 7.56. The molecule has 6 nitrogen and oxygen atoms in total. The number of nitrogens with one attached hydrogen (secondary N) is 2. The van der Waals surface area contributed by atoms with Gasteiger partial charge in [-0.1, -0.05) is 23.2 Å². The van der Waals surface area contributed by atoms with E-state index in [1.807, 2.05) is 20.8 Å². The molecule has 140 valence electrons. The molecule has 0 aliphatic heterocycles. The van der Waals surface area contributed by atoms with Crippen molar-refractivity contribution in [3.05, 3.63) is 22.2 Å². The molecule has 9 heteroatoms. The van der Waals surface area contributed by atoms with Gasteiger partial charge in [-0.25, -0.2) is 4.79 Å². The van der Waals surface area contributed by atoms with E-state index in [1.54, 1.807) is 12.1 Å². The number of carbonyl (C=O) groups is 1. The van der Waals surface area contributed by atoms with Crippen molar-refractivity contribution in [1.82, 2.24) is 10.2 Å². The first-order valence-corrected chi connectivity index (χ1v) is 8.81. The number of hydrogen-bond donors (Lipinski definition) is 3. The summed E-state index contributed by atoms with van der Waals surface area (Å²) < 4.78 is 5.24. The summed E-state index contributed by atoms with van der Waals surface area (Å²) in [5.41, 5.74) is 0.0716. The third kappa shape index (κ3) is 6.76. The molecule has 0 fully saturated rings. The number of anilines is 1. The fraction of sp³-hybridized carbons (Fsp3) is 0.500. The molecular weight excluding hydrogens is 385 g/mol. The zero-order valence-electron chi connectivity index (χ0n) is 14.7. The number of benzene rings is 1. The van der Waals surface area contributed by atoms with Gasteiger partial charge in [-0.05, 0) is 45.5 Å². The summed E-state index contributed by atoms with van der Waals surface area (Å²) in [6.07, 6.45) is -0.331. The molecule has 0 saturated heterocycles. The molecule has 1 aromatic rings. The Labute approximate surface area is 163 Å². The predicted molar refractivity (Wildman–Crippen MR) is 106 cm³/mol. The van der Waals surface area contributed by atoms with Crippen molar-refractivity contribution >= 4 is 52.3 Å². The summed E-state index contributed by atoms with van der Waals surface area (Å²) in [5, 5.41) is 16.5. The van der Waals surface area contributed by atoms with E-state index in [0.29, 0.717) is 46.1 Å². The monoisotopic (exact) mass is 407 g/mol. The summed E-state index contributed by atoms with van der Waals surface area (Å²) >= 11 is 17.3. The molecule has 1 amide bonds. The van der Waals surface area contributed by atoms with Crippen molar-refractivity contribution in [2.24, 2.45) is 0 Å². The number of rotatable bonds is 6. The highest BCUT2D eigenvalue weighted by Crippen LogP contribution is 2.35. The molecule has 0 heterocycles. The van der Waals surface area contributed by atoms with Gasteiger partial charge in [-0.15, -0.1) is 0 Å². The molecular formula is C16H23Cl2N3O3S. The first-order valence-electron chi connectivity index (χ1n) is 7.64. The Kier molecular flexibility index (Phi) is 8.05. The second kappa shape index (κ2) is 9.31. The number of carboxylic acid groups (broad SMARTS) is 1. The number of amides is 1. The fourth-order valence-corrected chi connectivity index (χ4v) is 2.87. The fourth-order valence-electron chi connectivity index (χ4n) is 2.15. The summed E-state index contributed by atoms with van der Waals surface area (Å²) in [5.74, 6) is 0.478. The van der Waals surface area contributed by atoms with Gasteiger partial charge in [0.25, 0.3) is 0 Å². The van der Waals surface area contributed by atoms with Gasteiger partial charge in [0.15, 0.2) is 5.11 Å². The molecule has 0 aliphatic carbocycles. The summed E-state index contributed by atoms with van der Waals surface area (Å²) in [6, 6.07) is 3.22. The van der Waals surface area contributed by atoms with Crippen LogP contribution in [0, 0.1) is 0 Å². The minimum absolute atomic E-state index is 0.361. The highest BCUT2D eigenvalue weighted by molar-refractivity contribution is 7.80. The molecule has 3 N–H and O–H groups in total. The van der Waals surface area contributed by atoms with Crippen LogP contribution in [-0.2, 0) is 0 Å². The van der Waals surface area contributed by atoms with Crippen LogP contribution in [0.25, 0.3) is 0 Å². The normalized spacial score (nSPS) is 11.0. The Bertz CT molecular complexity index is 636. The van der Waals surface area contributed by atoms with Crippen molar-refractivity contribution in [2.75, 3.05) is 25.5 Å². The number of halogens is 2. The molecule has 1 aromatic carbocycles. The lowest BCUT2D eigenvalue weighted by Gasteiger charge is -2.33. The number of hydrogen-bond acceptors (Lipinski definition) is 3. The van der Waals surface area contributed by atoms with Crippen LogP contribution in [0.2, 0.25) is 10.0 Å². The van der Waals surface area contributed by atoms with Crippen LogP contribution in [0.1, 0.15) is 27.2 Å². The Morgan fingerprint density at radius 3 is 2.52 bits per heavy atom. The van der Waals surface area contributed by atoms with E-state index in [4.69, 9.17) is 40.2 Å². The molecule has 0 bridgehead atoms. The van der Waals surface area contributed by atoms with Crippen molar-refractivity contribution in [2.45, 2.75) is 32.7 Å². The Morgan fingerprint density at radius 2 is 2.00 bits per heavy atom. The van der Waals surface area contributed by atoms with Crippen molar-refractivity contribution in [3.8, 4) is 5.75 Å². The van der Waals surface area contributed by atoms with Crippen LogP contribution in [0.3, 0.4) is 0 Å². The average Bonchev–Trinajstić information content (AvgIpc) is 2.47. The van der Waals surface area contributed by atoms with Gasteiger partial charge < -0.3 is 25.4 Å². The molecule has 0 radical (unpaired) electrons. The highest BCUT2D eigenvalue weighted by Gasteiger charge is 2.25. The van der Waals surface area contributed by atoms with E-state index in [2.05, 4.69) is 10.6 Å². The molecule has 0 aliphatic rings. The summed E-state index contributed by atoms with van der Waals surface area (Å²) in [7, 11) is 1.51. The zero-order valence-corrected chi connectivity index (χ0v) is 17.0. The third-order valence-corrected chi connectivity index (χ3v) is 4.12. The van der Waals surface area contributed by atoms with Crippen LogP contribution in [0.5, 0.6) is 5.75 Å². The van der Waals surface area contributed by atoms with Gasteiger partial charge >= 0.3 is 6.09 Å². The van der Waals surface area contributed by atoms with Gasteiger partial charge in [0.2, 0.25) is 0 Å². The van der Waals surface area contributed by atoms with Crippen LogP contribution in [-0.4, -0.2) is 47.0 Å². The third-order valence-electron chi connectivity index (χ3n) is 3.36. The van der Waals surface area contributed by atoms with Crippen molar-refractivity contribution in [1.29, 1.82) is 0 Å². The van der Waals surface area contributed by atoms with E-state index >= 15 is 0 Å². The van der Waals surface area contributed by atoms with Crippen molar-refractivity contribution < 1.29 is 14.6 Å².